The molecule has 1 amide bonds. The minimum absolute atomic E-state index is 0.000724. The van der Waals surface area contributed by atoms with Crippen molar-refractivity contribution in [3.63, 3.8) is 0 Å². The van der Waals surface area contributed by atoms with Crippen LogP contribution < -0.4 is 10.6 Å². The van der Waals surface area contributed by atoms with Gasteiger partial charge in [-0.2, -0.15) is 0 Å². The van der Waals surface area contributed by atoms with Crippen molar-refractivity contribution in [1.82, 2.24) is 15.5 Å². The third-order valence-electron chi connectivity index (χ3n) is 2.95. The van der Waals surface area contributed by atoms with Gasteiger partial charge in [0.25, 0.3) is 0 Å². The third-order valence-corrected chi connectivity index (χ3v) is 3.83. The fourth-order valence-electron chi connectivity index (χ4n) is 1.63. The Hall–Kier alpha value is -1.56. The van der Waals surface area contributed by atoms with E-state index >= 15 is 0 Å². The minimum atomic E-state index is 0.000724. The molecule has 21 heavy (non-hydrogen) atoms. The molecular weight excluding hydrogens is 284 g/mol. The zero-order chi connectivity index (χ0) is 15.5. The average Bonchev–Trinajstić information content (AvgIpc) is 2.98. The number of rotatable bonds is 8. The highest BCUT2D eigenvalue weighted by molar-refractivity contribution is 7.09. The van der Waals surface area contributed by atoms with Gasteiger partial charge >= 0.3 is 0 Å². The lowest BCUT2D eigenvalue weighted by Gasteiger charge is -2.13. The van der Waals surface area contributed by atoms with E-state index in [1.54, 1.807) is 30.3 Å². The molecule has 5 nitrogen and oxygen atoms in total. The van der Waals surface area contributed by atoms with Gasteiger partial charge in [0.05, 0.1) is 6.54 Å². The predicted molar refractivity (Wildman–Crippen MR) is 89.7 cm³/mol. The van der Waals surface area contributed by atoms with Gasteiger partial charge in [0.1, 0.15) is 6.54 Å². The molecule has 0 bridgehead atoms. The second kappa shape index (κ2) is 10.2. The molecule has 0 radical (unpaired) electrons. The largest absolute Gasteiger partial charge is 0.356 e. The van der Waals surface area contributed by atoms with Crippen LogP contribution in [0.1, 0.15) is 31.1 Å². The van der Waals surface area contributed by atoms with Gasteiger partial charge < -0.3 is 15.5 Å². The Morgan fingerprint density at radius 2 is 2.14 bits per heavy atom. The van der Waals surface area contributed by atoms with Crippen molar-refractivity contribution >= 4 is 23.2 Å². The number of hydrogen-bond acceptors (Lipinski definition) is 3. The molecule has 0 saturated heterocycles. The number of hydrogen-bond donors (Lipinski definition) is 2. The van der Waals surface area contributed by atoms with Crippen LogP contribution in [0.4, 0.5) is 0 Å². The molecular formula is C15H26N4OS. The summed E-state index contributed by atoms with van der Waals surface area (Å²) in [5.74, 6) is 0.704. The lowest BCUT2D eigenvalue weighted by atomic mass is 10.2. The monoisotopic (exact) mass is 310 g/mol. The van der Waals surface area contributed by atoms with Crippen LogP contribution >= 0.6 is 11.3 Å². The number of likely N-dealkylation sites (N-methyl/N-ethyl adjacent to an activating group) is 1. The molecule has 0 aliphatic rings. The number of unbranched alkanes of at least 4 members (excludes halogenated alkanes) is 2. The number of thiophene rings is 1. The second-order valence-corrected chi connectivity index (χ2v) is 6.05. The summed E-state index contributed by atoms with van der Waals surface area (Å²) in [6, 6.07) is 4.11. The standard InChI is InChI=1S/C15H26N4OS/c1-4-5-6-9-16-15(18-12-14(20)19(2)3)17-11-13-8-7-10-21-13/h7-8,10H,4-6,9,11-12H2,1-3H3,(H2,16,17,18). The first kappa shape index (κ1) is 17.5. The van der Waals surface area contributed by atoms with Gasteiger partial charge in [-0.25, -0.2) is 4.99 Å². The molecule has 1 rings (SSSR count). The topological polar surface area (TPSA) is 56.7 Å². The Morgan fingerprint density at radius 1 is 1.33 bits per heavy atom. The smallest absolute Gasteiger partial charge is 0.243 e. The second-order valence-electron chi connectivity index (χ2n) is 5.02. The van der Waals surface area contributed by atoms with E-state index in [4.69, 9.17) is 0 Å². The van der Waals surface area contributed by atoms with Gasteiger partial charge in [0.15, 0.2) is 5.96 Å². The maximum atomic E-state index is 11.6. The van der Waals surface area contributed by atoms with Crippen LogP contribution in [0.15, 0.2) is 22.5 Å². The van der Waals surface area contributed by atoms with Crippen LogP contribution in [0.3, 0.4) is 0 Å². The first-order valence-corrected chi connectivity index (χ1v) is 8.26. The van der Waals surface area contributed by atoms with Crippen LogP contribution in [0, 0.1) is 0 Å². The molecule has 0 atom stereocenters. The van der Waals surface area contributed by atoms with Gasteiger partial charge in [0, 0.05) is 25.5 Å². The Labute approximate surface area is 131 Å². The summed E-state index contributed by atoms with van der Waals surface area (Å²) in [6.45, 7) is 3.95. The quantitative estimate of drug-likeness (QED) is 0.439. The first-order chi connectivity index (χ1) is 10.1. The summed E-state index contributed by atoms with van der Waals surface area (Å²) in [5, 5.41) is 8.61. The predicted octanol–water partition coefficient (Wildman–Crippen LogP) is 2.06. The van der Waals surface area contributed by atoms with E-state index in [-0.39, 0.29) is 12.5 Å². The first-order valence-electron chi connectivity index (χ1n) is 7.38. The normalized spacial score (nSPS) is 11.3. The minimum Gasteiger partial charge on any atom is -0.356 e. The lowest BCUT2D eigenvalue weighted by Crippen LogP contribution is -2.38. The molecule has 2 N–H and O–H groups in total. The molecule has 0 spiro atoms. The number of amides is 1. The highest BCUT2D eigenvalue weighted by atomic mass is 32.1. The summed E-state index contributed by atoms with van der Waals surface area (Å²) in [6.07, 6.45) is 3.50. The van der Waals surface area contributed by atoms with Gasteiger partial charge in [-0.1, -0.05) is 25.8 Å². The number of carbonyl (C=O) groups excluding carboxylic acids is 1. The van der Waals surface area contributed by atoms with Gasteiger partial charge in [-0.3, -0.25) is 4.79 Å². The SMILES string of the molecule is CCCCCNC(=NCC(=O)N(C)C)NCc1cccs1. The van der Waals surface area contributed by atoms with Gasteiger partial charge in [-0.05, 0) is 17.9 Å². The maximum Gasteiger partial charge on any atom is 0.243 e. The summed E-state index contributed by atoms with van der Waals surface area (Å²) in [4.78, 5) is 18.8. The third kappa shape index (κ3) is 7.70. The Morgan fingerprint density at radius 3 is 2.76 bits per heavy atom. The van der Waals surface area contributed by atoms with E-state index in [1.807, 2.05) is 6.07 Å². The number of carbonyl (C=O) groups is 1. The van der Waals surface area contributed by atoms with Crippen LogP contribution in [0.2, 0.25) is 0 Å². The van der Waals surface area contributed by atoms with Crippen molar-refractivity contribution in [2.75, 3.05) is 27.2 Å². The van der Waals surface area contributed by atoms with Gasteiger partial charge in [0.2, 0.25) is 5.91 Å². The van der Waals surface area contributed by atoms with E-state index < -0.39 is 0 Å². The van der Waals surface area contributed by atoms with Crippen molar-refractivity contribution < 1.29 is 4.79 Å². The van der Waals surface area contributed by atoms with Crippen LogP contribution in [-0.2, 0) is 11.3 Å². The zero-order valence-electron chi connectivity index (χ0n) is 13.2. The molecule has 0 aliphatic carbocycles. The molecule has 1 aromatic heterocycles. The van der Waals surface area contributed by atoms with Gasteiger partial charge in [-0.15, -0.1) is 11.3 Å². The number of nitrogens with zero attached hydrogens (tertiary/aromatic N) is 2. The van der Waals surface area contributed by atoms with Crippen LogP contribution in [-0.4, -0.2) is 44.0 Å². The van der Waals surface area contributed by atoms with Crippen LogP contribution in [0.5, 0.6) is 0 Å². The van der Waals surface area contributed by atoms with E-state index in [0.717, 1.165) is 19.5 Å². The van der Waals surface area contributed by atoms with E-state index in [2.05, 4.69) is 34.0 Å². The summed E-state index contributed by atoms with van der Waals surface area (Å²) in [7, 11) is 3.48. The number of nitrogens with one attached hydrogen (secondary N) is 2. The van der Waals surface area contributed by atoms with E-state index in [9.17, 15) is 4.79 Å². The highest BCUT2D eigenvalue weighted by Gasteiger charge is 2.04. The van der Waals surface area contributed by atoms with Crippen molar-refractivity contribution in [3.8, 4) is 0 Å². The summed E-state index contributed by atoms with van der Waals surface area (Å²) in [5.41, 5.74) is 0. The Kier molecular flexibility index (Phi) is 8.50. The molecule has 0 aromatic carbocycles. The molecule has 1 aromatic rings. The molecule has 0 fully saturated rings. The van der Waals surface area contributed by atoms with Crippen molar-refractivity contribution in [1.29, 1.82) is 0 Å². The Balaban J connectivity index is 2.47. The van der Waals surface area contributed by atoms with Crippen molar-refractivity contribution in [3.05, 3.63) is 22.4 Å². The summed E-state index contributed by atoms with van der Waals surface area (Å²) < 4.78 is 0. The van der Waals surface area contributed by atoms with E-state index in [0.29, 0.717) is 5.96 Å². The molecule has 0 saturated carbocycles. The highest BCUT2D eigenvalue weighted by Crippen LogP contribution is 2.07. The molecule has 0 unspecified atom stereocenters. The summed E-state index contributed by atoms with van der Waals surface area (Å²) >= 11 is 1.71. The fraction of sp³-hybridized carbons (Fsp3) is 0.600. The zero-order valence-corrected chi connectivity index (χ0v) is 14.0. The molecule has 0 aliphatic heterocycles. The average molecular weight is 310 g/mol. The molecule has 118 valence electrons. The van der Waals surface area contributed by atoms with Crippen molar-refractivity contribution in [2.45, 2.75) is 32.7 Å². The Bertz CT molecular complexity index is 429. The van der Waals surface area contributed by atoms with E-state index in [1.165, 1.54) is 17.7 Å². The maximum absolute atomic E-state index is 11.6. The molecule has 6 heteroatoms. The molecule has 1 heterocycles. The fourth-order valence-corrected chi connectivity index (χ4v) is 2.27. The lowest BCUT2D eigenvalue weighted by molar-refractivity contribution is -0.127. The number of guanidine groups is 1. The van der Waals surface area contributed by atoms with Crippen LogP contribution in [0.25, 0.3) is 0 Å². The number of aliphatic imine (C=N–C) groups is 1. The van der Waals surface area contributed by atoms with Crippen molar-refractivity contribution in [2.24, 2.45) is 4.99 Å².